The molecule has 3 heteroatoms. The predicted octanol–water partition coefficient (Wildman–Crippen LogP) is 1.81. The Labute approximate surface area is 88.7 Å². The largest absolute Gasteiger partial charge is 0.300 e. The first-order valence-electron chi connectivity index (χ1n) is 4.55. The van der Waals surface area contributed by atoms with E-state index in [1.807, 2.05) is 13.0 Å². The summed E-state index contributed by atoms with van der Waals surface area (Å²) in [4.78, 5) is 0. The maximum atomic E-state index is 12.9. The van der Waals surface area contributed by atoms with Gasteiger partial charge in [0.25, 0.3) is 0 Å². The molecule has 0 bridgehead atoms. The van der Waals surface area contributed by atoms with Crippen LogP contribution in [0.3, 0.4) is 0 Å². The van der Waals surface area contributed by atoms with E-state index in [-0.39, 0.29) is 11.9 Å². The van der Waals surface area contributed by atoms with Crippen LogP contribution in [0.5, 0.6) is 0 Å². The second-order valence-corrected chi connectivity index (χ2v) is 3.18. The smallest absolute Gasteiger partial charge is 0.123 e. The summed E-state index contributed by atoms with van der Waals surface area (Å²) in [7, 11) is 0. The third-order valence-electron chi connectivity index (χ3n) is 2.04. The highest BCUT2D eigenvalue weighted by Gasteiger charge is 2.04. The quantitative estimate of drug-likeness (QED) is 0.759. The molecule has 0 aliphatic heterocycles. The first kappa shape index (κ1) is 11.2. The molecule has 0 aliphatic rings. The van der Waals surface area contributed by atoms with Crippen molar-refractivity contribution < 1.29 is 4.39 Å². The van der Waals surface area contributed by atoms with Crippen molar-refractivity contribution >= 4 is 0 Å². The van der Waals surface area contributed by atoms with E-state index in [0.29, 0.717) is 17.7 Å². The SMILES string of the molecule is C#CC(C)NCc1cc(F)ccc1C#N. The van der Waals surface area contributed by atoms with Crippen LogP contribution in [0.1, 0.15) is 18.1 Å². The molecule has 15 heavy (non-hydrogen) atoms. The van der Waals surface area contributed by atoms with Crippen molar-refractivity contribution in [1.29, 1.82) is 5.26 Å². The highest BCUT2D eigenvalue weighted by Crippen LogP contribution is 2.10. The van der Waals surface area contributed by atoms with Gasteiger partial charge in [-0.05, 0) is 30.7 Å². The molecule has 1 aromatic carbocycles. The van der Waals surface area contributed by atoms with Crippen LogP contribution in [0.4, 0.5) is 4.39 Å². The summed E-state index contributed by atoms with van der Waals surface area (Å²) < 4.78 is 12.9. The van der Waals surface area contributed by atoms with Crippen molar-refractivity contribution in [3.63, 3.8) is 0 Å². The lowest BCUT2D eigenvalue weighted by Gasteiger charge is -2.08. The molecule has 0 saturated heterocycles. The summed E-state index contributed by atoms with van der Waals surface area (Å²) >= 11 is 0. The van der Waals surface area contributed by atoms with Gasteiger partial charge in [-0.2, -0.15) is 5.26 Å². The zero-order valence-corrected chi connectivity index (χ0v) is 8.42. The molecule has 1 unspecified atom stereocenters. The van der Waals surface area contributed by atoms with Crippen LogP contribution < -0.4 is 5.32 Å². The number of rotatable bonds is 3. The van der Waals surface area contributed by atoms with Crippen molar-refractivity contribution in [3.8, 4) is 18.4 Å². The van der Waals surface area contributed by atoms with Crippen LogP contribution in [-0.2, 0) is 6.54 Å². The Balaban J connectivity index is 2.81. The number of halogens is 1. The number of hydrogen-bond donors (Lipinski definition) is 1. The highest BCUT2D eigenvalue weighted by molar-refractivity contribution is 5.37. The molecular formula is C12H11FN2. The van der Waals surface area contributed by atoms with Crippen LogP contribution >= 0.6 is 0 Å². The molecule has 1 aromatic rings. The zero-order valence-electron chi connectivity index (χ0n) is 8.42. The van der Waals surface area contributed by atoms with Gasteiger partial charge in [0.2, 0.25) is 0 Å². The Morgan fingerprint density at radius 3 is 2.93 bits per heavy atom. The van der Waals surface area contributed by atoms with Crippen molar-refractivity contribution in [1.82, 2.24) is 5.32 Å². The summed E-state index contributed by atoms with van der Waals surface area (Å²) in [6.07, 6.45) is 5.19. The minimum Gasteiger partial charge on any atom is -0.300 e. The number of hydrogen-bond acceptors (Lipinski definition) is 2. The van der Waals surface area contributed by atoms with E-state index in [1.54, 1.807) is 0 Å². The lowest BCUT2D eigenvalue weighted by molar-refractivity contribution is 0.613. The molecule has 0 aromatic heterocycles. The average Bonchev–Trinajstić information content (AvgIpc) is 2.26. The number of nitriles is 1. The van der Waals surface area contributed by atoms with E-state index in [0.717, 1.165) is 0 Å². The van der Waals surface area contributed by atoms with Gasteiger partial charge in [-0.15, -0.1) is 6.42 Å². The number of nitrogens with one attached hydrogen (secondary N) is 1. The Kier molecular flexibility index (Phi) is 3.85. The minimum absolute atomic E-state index is 0.0974. The fourth-order valence-corrected chi connectivity index (χ4v) is 1.14. The third kappa shape index (κ3) is 3.09. The molecule has 1 N–H and O–H groups in total. The first-order valence-corrected chi connectivity index (χ1v) is 4.55. The molecule has 76 valence electrons. The van der Waals surface area contributed by atoms with E-state index < -0.39 is 0 Å². The molecule has 0 amide bonds. The summed E-state index contributed by atoms with van der Waals surface area (Å²) in [6, 6.07) is 5.99. The number of terminal acetylenes is 1. The molecule has 1 atom stereocenters. The molecular weight excluding hydrogens is 191 g/mol. The van der Waals surface area contributed by atoms with E-state index in [2.05, 4.69) is 11.2 Å². The number of nitrogens with zero attached hydrogens (tertiary/aromatic N) is 1. The Hall–Kier alpha value is -1.84. The Morgan fingerprint density at radius 2 is 2.33 bits per heavy atom. The van der Waals surface area contributed by atoms with Gasteiger partial charge in [-0.25, -0.2) is 4.39 Å². The third-order valence-corrected chi connectivity index (χ3v) is 2.04. The standard InChI is InChI=1S/C12H11FN2/c1-3-9(2)15-8-11-6-12(13)5-4-10(11)7-14/h1,4-6,9,15H,8H2,2H3. The van der Waals surface area contributed by atoms with Crippen LogP contribution in [0.2, 0.25) is 0 Å². The van der Waals surface area contributed by atoms with Gasteiger partial charge < -0.3 is 0 Å². The van der Waals surface area contributed by atoms with Crippen molar-refractivity contribution in [2.75, 3.05) is 0 Å². The summed E-state index contributed by atoms with van der Waals surface area (Å²) in [6.45, 7) is 2.22. The Morgan fingerprint density at radius 1 is 1.60 bits per heavy atom. The molecule has 1 rings (SSSR count). The summed E-state index contributed by atoms with van der Waals surface area (Å²) in [5.74, 6) is 2.15. The predicted molar refractivity (Wildman–Crippen MR) is 56.2 cm³/mol. The van der Waals surface area contributed by atoms with Crippen LogP contribution in [0.15, 0.2) is 18.2 Å². The normalized spacial score (nSPS) is 11.5. The maximum absolute atomic E-state index is 12.9. The zero-order chi connectivity index (χ0) is 11.3. The first-order chi connectivity index (χ1) is 7.17. The minimum atomic E-state index is -0.348. The van der Waals surface area contributed by atoms with Gasteiger partial charge in [0.15, 0.2) is 0 Å². The second-order valence-electron chi connectivity index (χ2n) is 3.18. The molecule has 0 fully saturated rings. The van der Waals surface area contributed by atoms with Gasteiger partial charge in [-0.1, -0.05) is 5.92 Å². The van der Waals surface area contributed by atoms with Crippen LogP contribution in [-0.4, -0.2) is 6.04 Å². The van der Waals surface area contributed by atoms with Crippen LogP contribution in [0.25, 0.3) is 0 Å². The molecule has 0 saturated carbocycles. The van der Waals surface area contributed by atoms with Gasteiger partial charge in [0, 0.05) is 6.54 Å². The van der Waals surface area contributed by atoms with Gasteiger partial charge in [0.1, 0.15) is 5.82 Å². The lowest BCUT2D eigenvalue weighted by atomic mass is 10.1. The molecule has 0 spiro atoms. The Bertz CT molecular complexity index is 426. The fraction of sp³-hybridized carbons (Fsp3) is 0.250. The molecule has 0 heterocycles. The van der Waals surface area contributed by atoms with Crippen molar-refractivity contribution in [2.24, 2.45) is 0 Å². The molecule has 0 radical (unpaired) electrons. The average molecular weight is 202 g/mol. The summed E-state index contributed by atoms with van der Waals surface area (Å²) in [5.41, 5.74) is 1.09. The van der Waals surface area contributed by atoms with E-state index in [4.69, 9.17) is 11.7 Å². The van der Waals surface area contributed by atoms with Crippen molar-refractivity contribution in [2.45, 2.75) is 19.5 Å². The van der Waals surface area contributed by atoms with E-state index in [1.165, 1.54) is 18.2 Å². The fourth-order valence-electron chi connectivity index (χ4n) is 1.14. The molecule has 0 aliphatic carbocycles. The topological polar surface area (TPSA) is 35.8 Å². The van der Waals surface area contributed by atoms with Crippen molar-refractivity contribution in [3.05, 3.63) is 35.1 Å². The highest BCUT2D eigenvalue weighted by atomic mass is 19.1. The van der Waals surface area contributed by atoms with Gasteiger partial charge >= 0.3 is 0 Å². The monoisotopic (exact) mass is 202 g/mol. The number of benzene rings is 1. The lowest BCUT2D eigenvalue weighted by Crippen LogP contribution is -2.24. The van der Waals surface area contributed by atoms with Gasteiger partial charge in [-0.3, -0.25) is 5.32 Å². The maximum Gasteiger partial charge on any atom is 0.123 e. The van der Waals surface area contributed by atoms with Crippen LogP contribution in [0, 0.1) is 29.5 Å². The van der Waals surface area contributed by atoms with E-state index >= 15 is 0 Å². The molecule has 2 nitrogen and oxygen atoms in total. The van der Waals surface area contributed by atoms with E-state index in [9.17, 15) is 4.39 Å². The summed E-state index contributed by atoms with van der Waals surface area (Å²) in [5, 5.41) is 11.8. The second kappa shape index (κ2) is 5.14. The van der Waals surface area contributed by atoms with Gasteiger partial charge in [0.05, 0.1) is 17.7 Å².